The summed E-state index contributed by atoms with van der Waals surface area (Å²) in [6, 6.07) is 0. The van der Waals surface area contributed by atoms with Gasteiger partial charge in [0.15, 0.2) is 5.65 Å². The first kappa shape index (κ1) is 12.2. The largest absolute Gasteiger partial charge is 0.463 e. The van der Waals surface area contributed by atoms with E-state index in [1.807, 2.05) is 0 Å². The first-order valence-electron chi connectivity index (χ1n) is 5.31. The smallest absolute Gasteiger partial charge is 0.302 e. The number of carbonyl (C=O) groups excluding carboxylic acids is 1. The fourth-order valence-electron chi connectivity index (χ4n) is 1.37. The number of nitrogens with two attached hydrogens (primary N) is 1. The number of hydrogen-bond acceptors (Lipinski definition) is 7. The number of esters is 1. The van der Waals surface area contributed by atoms with Crippen molar-refractivity contribution in [3.63, 3.8) is 0 Å². The van der Waals surface area contributed by atoms with Gasteiger partial charge in [-0.2, -0.15) is 4.98 Å². The van der Waals surface area contributed by atoms with E-state index in [1.54, 1.807) is 17.1 Å². The zero-order valence-electron chi connectivity index (χ0n) is 9.87. The number of imidazole rings is 1. The van der Waals surface area contributed by atoms with Gasteiger partial charge < -0.3 is 15.2 Å². The molecule has 0 spiro atoms. The third-order valence-corrected chi connectivity index (χ3v) is 2.14. The number of aromatic nitrogens is 4. The molecule has 2 aromatic rings. The normalized spacial score (nSPS) is 10.7. The molecular formula is C10H13N5O3. The Bertz CT molecular complexity index is 553. The first-order chi connectivity index (χ1) is 8.66. The van der Waals surface area contributed by atoms with E-state index in [-0.39, 0.29) is 25.3 Å². The topological polar surface area (TPSA) is 105 Å². The lowest BCUT2D eigenvalue weighted by atomic mass is 10.5. The molecule has 0 fully saturated rings. The lowest BCUT2D eigenvalue weighted by Gasteiger charge is -2.05. The van der Waals surface area contributed by atoms with Crippen LogP contribution in [0.2, 0.25) is 0 Å². The van der Waals surface area contributed by atoms with E-state index in [9.17, 15) is 4.79 Å². The van der Waals surface area contributed by atoms with Gasteiger partial charge in [0.25, 0.3) is 0 Å². The molecule has 0 aliphatic carbocycles. The van der Waals surface area contributed by atoms with E-state index in [4.69, 9.17) is 15.2 Å². The number of hydrogen-bond donors (Lipinski definition) is 1. The molecule has 2 heterocycles. The van der Waals surface area contributed by atoms with Gasteiger partial charge in [-0.15, -0.1) is 0 Å². The summed E-state index contributed by atoms with van der Waals surface area (Å²) >= 11 is 0. The molecule has 18 heavy (non-hydrogen) atoms. The number of anilines is 1. The Morgan fingerprint density at radius 2 is 2.28 bits per heavy atom. The number of nitrogen functional groups attached to an aromatic ring is 1. The quantitative estimate of drug-likeness (QED) is 0.586. The Morgan fingerprint density at radius 1 is 1.44 bits per heavy atom. The summed E-state index contributed by atoms with van der Waals surface area (Å²) in [6.45, 7) is 2.14. The average molecular weight is 251 g/mol. The molecule has 0 saturated heterocycles. The van der Waals surface area contributed by atoms with Crippen LogP contribution in [-0.4, -0.2) is 38.7 Å². The number of rotatable bonds is 5. The highest BCUT2D eigenvalue weighted by Gasteiger charge is 2.05. The van der Waals surface area contributed by atoms with E-state index >= 15 is 0 Å². The lowest BCUT2D eigenvalue weighted by Crippen LogP contribution is -2.10. The standard InChI is InChI=1S/C10H13N5O3/c1-7(16)18-3-2-17-6-15-5-13-8-4-12-10(11)14-9(8)15/h4-5H,2-3,6H2,1H3,(H2,11,12,14). The number of ether oxygens (including phenoxy) is 2. The molecule has 0 amide bonds. The van der Waals surface area contributed by atoms with Crippen LogP contribution in [0.4, 0.5) is 5.95 Å². The number of fused-ring (bicyclic) bond motifs is 1. The number of nitrogens with zero attached hydrogens (tertiary/aromatic N) is 4. The Hall–Kier alpha value is -2.22. The van der Waals surface area contributed by atoms with Gasteiger partial charge in [-0.1, -0.05) is 0 Å². The third-order valence-electron chi connectivity index (χ3n) is 2.14. The van der Waals surface area contributed by atoms with Crippen LogP contribution in [0.5, 0.6) is 0 Å². The number of carbonyl (C=O) groups is 1. The van der Waals surface area contributed by atoms with Crippen LogP contribution in [0, 0.1) is 0 Å². The molecule has 0 unspecified atom stereocenters. The fourth-order valence-corrected chi connectivity index (χ4v) is 1.37. The van der Waals surface area contributed by atoms with Crippen molar-refractivity contribution < 1.29 is 14.3 Å². The lowest BCUT2D eigenvalue weighted by molar-refractivity contribution is -0.142. The van der Waals surface area contributed by atoms with Crippen molar-refractivity contribution in [3.05, 3.63) is 12.5 Å². The summed E-state index contributed by atoms with van der Waals surface area (Å²) in [4.78, 5) is 22.5. The Labute approximate surface area is 103 Å². The first-order valence-corrected chi connectivity index (χ1v) is 5.31. The second kappa shape index (κ2) is 5.41. The molecule has 2 rings (SSSR count). The van der Waals surface area contributed by atoms with E-state index < -0.39 is 0 Å². The van der Waals surface area contributed by atoms with Crippen molar-refractivity contribution in [2.24, 2.45) is 0 Å². The maximum Gasteiger partial charge on any atom is 0.302 e. The Kier molecular flexibility index (Phi) is 3.68. The highest BCUT2D eigenvalue weighted by Crippen LogP contribution is 2.09. The molecule has 0 radical (unpaired) electrons. The van der Waals surface area contributed by atoms with Crippen LogP contribution in [0.1, 0.15) is 6.92 Å². The molecule has 96 valence electrons. The summed E-state index contributed by atoms with van der Waals surface area (Å²) in [5.41, 5.74) is 6.75. The third kappa shape index (κ3) is 2.92. The zero-order valence-corrected chi connectivity index (χ0v) is 9.87. The van der Waals surface area contributed by atoms with Crippen LogP contribution < -0.4 is 5.73 Å². The van der Waals surface area contributed by atoms with Gasteiger partial charge >= 0.3 is 5.97 Å². The minimum absolute atomic E-state index is 0.184. The molecule has 8 heteroatoms. The monoisotopic (exact) mass is 251 g/mol. The molecular weight excluding hydrogens is 238 g/mol. The minimum atomic E-state index is -0.327. The van der Waals surface area contributed by atoms with Gasteiger partial charge in [0, 0.05) is 6.92 Å². The molecule has 0 bridgehead atoms. The van der Waals surface area contributed by atoms with E-state index in [0.717, 1.165) is 0 Å². The van der Waals surface area contributed by atoms with E-state index in [0.29, 0.717) is 17.8 Å². The molecule has 0 aliphatic rings. The molecule has 0 aliphatic heterocycles. The van der Waals surface area contributed by atoms with Crippen molar-refractivity contribution in [2.45, 2.75) is 13.7 Å². The molecule has 0 atom stereocenters. The highest BCUT2D eigenvalue weighted by molar-refractivity contribution is 5.70. The van der Waals surface area contributed by atoms with Crippen molar-refractivity contribution in [3.8, 4) is 0 Å². The van der Waals surface area contributed by atoms with E-state index in [1.165, 1.54) is 6.92 Å². The summed E-state index contributed by atoms with van der Waals surface area (Å²) in [5.74, 6) is -0.142. The highest BCUT2D eigenvalue weighted by atomic mass is 16.6. The zero-order chi connectivity index (χ0) is 13.0. The van der Waals surface area contributed by atoms with Crippen LogP contribution in [0.3, 0.4) is 0 Å². The van der Waals surface area contributed by atoms with Gasteiger partial charge in [-0.3, -0.25) is 9.36 Å². The molecule has 2 aromatic heterocycles. The summed E-state index contributed by atoms with van der Waals surface area (Å²) in [5, 5.41) is 0. The molecule has 0 saturated carbocycles. The molecule has 2 N–H and O–H groups in total. The van der Waals surface area contributed by atoms with Crippen molar-refractivity contribution in [2.75, 3.05) is 18.9 Å². The summed E-state index contributed by atoms with van der Waals surface area (Å²) in [7, 11) is 0. The second-order valence-electron chi connectivity index (χ2n) is 3.53. The summed E-state index contributed by atoms with van der Waals surface area (Å²) < 4.78 is 11.7. The van der Waals surface area contributed by atoms with Gasteiger partial charge in [0.05, 0.1) is 19.1 Å². The second-order valence-corrected chi connectivity index (χ2v) is 3.53. The van der Waals surface area contributed by atoms with Crippen LogP contribution in [-0.2, 0) is 21.0 Å². The average Bonchev–Trinajstić information content (AvgIpc) is 2.71. The Morgan fingerprint density at radius 3 is 3.06 bits per heavy atom. The van der Waals surface area contributed by atoms with E-state index in [2.05, 4.69) is 15.0 Å². The van der Waals surface area contributed by atoms with Crippen molar-refractivity contribution >= 4 is 23.1 Å². The van der Waals surface area contributed by atoms with Crippen molar-refractivity contribution in [1.29, 1.82) is 0 Å². The van der Waals surface area contributed by atoms with Gasteiger partial charge in [0.2, 0.25) is 5.95 Å². The maximum atomic E-state index is 10.5. The predicted octanol–water partition coefficient (Wildman–Crippen LogP) is -0.0543. The van der Waals surface area contributed by atoms with Crippen LogP contribution in [0.25, 0.3) is 11.2 Å². The maximum absolute atomic E-state index is 10.5. The van der Waals surface area contributed by atoms with Crippen LogP contribution in [0.15, 0.2) is 12.5 Å². The van der Waals surface area contributed by atoms with Gasteiger partial charge in [-0.05, 0) is 0 Å². The molecule has 0 aromatic carbocycles. The fraction of sp³-hybridized carbons (Fsp3) is 0.400. The van der Waals surface area contributed by atoms with Crippen LogP contribution >= 0.6 is 0 Å². The van der Waals surface area contributed by atoms with Gasteiger partial charge in [-0.25, -0.2) is 9.97 Å². The van der Waals surface area contributed by atoms with Crippen molar-refractivity contribution in [1.82, 2.24) is 19.5 Å². The summed E-state index contributed by atoms with van der Waals surface area (Å²) in [6.07, 6.45) is 3.14. The SMILES string of the molecule is CC(=O)OCCOCn1cnc2cnc(N)nc21. The minimum Gasteiger partial charge on any atom is -0.463 e. The molecule has 8 nitrogen and oxygen atoms in total. The van der Waals surface area contributed by atoms with Gasteiger partial charge in [0.1, 0.15) is 18.9 Å². The Balaban J connectivity index is 1.91. The predicted molar refractivity (Wildman–Crippen MR) is 62.3 cm³/mol.